The standard InChI is InChI=1S/C50H58ClN7O11S2/c1-50(2,71(3,68)57-23-20-32(21-24-57)54-33-13-8-11-30(25-33)45-43(51)44(69-29-42(62)63)46(70-45)49(66)67)31-12-9-14-34(26-31)55-39(59)17-6-4-5-7-22-52-41(61)27-53-37-16-10-15-35-36(37)28-58(48(35)65)38-18-19-40(60)56-47(38)64/h8-16,25-26,32,38,53-54H,3-7,17-24,27-29H2,1-2H3,(H,52,61)(H,55,59)(H,62,63)(H,66,67)(H,56,60,64). The third-order valence-corrected chi connectivity index (χ3v) is 17.7. The number of thiophene rings is 1. The van der Waals surface area contributed by atoms with E-state index in [2.05, 4.69) is 32.5 Å². The van der Waals surface area contributed by atoms with Crippen molar-refractivity contribution in [3.8, 4) is 16.2 Å². The van der Waals surface area contributed by atoms with E-state index in [4.69, 9.17) is 21.4 Å². The first-order valence-electron chi connectivity index (χ1n) is 23.4. The summed E-state index contributed by atoms with van der Waals surface area (Å²) in [5.41, 5.74) is 4.58. The van der Waals surface area contributed by atoms with Gasteiger partial charge < -0.3 is 41.1 Å². The highest BCUT2D eigenvalue weighted by Crippen LogP contribution is 2.46. The summed E-state index contributed by atoms with van der Waals surface area (Å²) in [6, 6.07) is 19.2. The van der Waals surface area contributed by atoms with Crippen LogP contribution in [0.25, 0.3) is 10.4 Å². The highest BCUT2D eigenvalue weighted by Gasteiger charge is 2.40. The van der Waals surface area contributed by atoms with Gasteiger partial charge in [0.05, 0.1) is 16.2 Å². The summed E-state index contributed by atoms with van der Waals surface area (Å²) in [5, 5.41) is 33.6. The number of nitrogens with zero attached hydrogens (tertiary/aromatic N) is 2. The minimum absolute atomic E-state index is 0.00285. The Labute approximate surface area is 421 Å². The van der Waals surface area contributed by atoms with E-state index in [0.717, 1.165) is 41.9 Å². The number of hydrogen-bond acceptors (Lipinski definition) is 12. The topological polar surface area (TPSA) is 253 Å². The molecule has 0 radical (unpaired) electrons. The number of halogens is 1. The molecule has 4 aromatic rings. The molecule has 0 saturated carbocycles. The van der Waals surface area contributed by atoms with E-state index < -0.39 is 44.9 Å². The van der Waals surface area contributed by atoms with Crippen molar-refractivity contribution in [1.82, 2.24) is 19.8 Å². The highest BCUT2D eigenvalue weighted by molar-refractivity contribution is 7.99. The highest BCUT2D eigenvalue weighted by atomic mass is 35.5. The van der Waals surface area contributed by atoms with E-state index >= 15 is 0 Å². The molecule has 3 aliphatic heterocycles. The molecule has 2 fully saturated rings. The molecule has 0 spiro atoms. The number of imide groups is 1. The molecule has 1 aromatic heterocycles. The van der Waals surface area contributed by atoms with Gasteiger partial charge in [-0.2, -0.15) is 0 Å². The summed E-state index contributed by atoms with van der Waals surface area (Å²) in [6.07, 6.45) is 5.07. The van der Waals surface area contributed by atoms with Gasteiger partial charge in [-0.25, -0.2) is 13.9 Å². The number of fused-ring (bicyclic) bond motifs is 1. The fourth-order valence-corrected chi connectivity index (χ4v) is 12.3. The number of amides is 5. The molecule has 18 nitrogen and oxygen atoms in total. The van der Waals surface area contributed by atoms with Crippen molar-refractivity contribution >= 4 is 97.1 Å². The maximum Gasteiger partial charge on any atom is 0.349 e. The Balaban J connectivity index is 0.812. The van der Waals surface area contributed by atoms with Gasteiger partial charge in [0.25, 0.3) is 5.91 Å². The number of ether oxygens (including phenoxy) is 1. The number of carboxylic acids is 2. The van der Waals surface area contributed by atoms with Crippen molar-refractivity contribution < 1.29 is 52.7 Å². The zero-order valence-corrected chi connectivity index (χ0v) is 41.9. The van der Waals surface area contributed by atoms with Crippen molar-refractivity contribution in [2.75, 3.05) is 48.7 Å². The Kier molecular flexibility index (Phi) is 16.8. The number of rotatable bonds is 22. The Hall–Kier alpha value is -6.48. The summed E-state index contributed by atoms with van der Waals surface area (Å²) < 4.78 is 20.9. The quantitative estimate of drug-likeness (QED) is 0.0251. The van der Waals surface area contributed by atoms with Crippen LogP contribution in [0.3, 0.4) is 0 Å². The predicted molar refractivity (Wildman–Crippen MR) is 274 cm³/mol. The summed E-state index contributed by atoms with van der Waals surface area (Å²) in [4.78, 5) is 87.5. The number of aromatic carboxylic acids is 1. The largest absolute Gasteiger partial charge is 0.479 e. The monoisotopic (exact) mass is 1030 g/mol. The first kappa shape index (κ1) is 52.3. The number of benzene rings is 3. The van der Waals surface area contributed by atoms with Crippen LogP contribution in [0.5, 0.6) is 5.75 Å². The lowest BCUT2D eigenvalue weighted by Gasteiger charge is -2.41. The molecule has 2 atom stereocenters. The second kappa shape index (κ2) is 22.7. The van der Waals surface area contributed by atoms with Crippen LogP contribution in [0.1, 0.15) is 103 Å². The van der Waals surface area contributed by atoms with E-state index in [0.29, 0.717) is 78.3 Å². The minimum atomic E-state index is -2.86. The number of carboxylic acid groups (broad SMARTS) is 2. The number of anilines is 3. The smallest absolute Gasteiger partial charge is 0.349 e. The lowest BCUT2D eigenvalue weighted by molar-refractivity contribution is -0.139. The third kappa shape index (κ3) is 12.4. The molecule has 21 heteroatoms. The van der Waals surface area contributed by atoms with Crippen LogP contribution >= 0.6 is 22.9 Å². The molecule has 3 aromatic carbocycles. The molecule has 0 bridgehead atoms. The molecule has 5 amide bonds. The van der Waals surface area contributed by atoms with E-state index in [-0.39, 0.29) is 71.3 Å². The number of carbonyl (C=O) groups is 7. The molecule has 0 aliphatic carbocycles. The Morgan fingerprint density at radius 2 is 1.65 bits per heavy atom. The van der Waals surface area contributed by atoms with E-state index in [1.54, 1.807) is 30.3 Å². The van der Waals surface area contributed by atoms with Crippen LogP contribution in [0.15, 0.2) is 66.7 Å². The Bertz CT molecular complexity index is 2830. The molecule has 7 rings (SSSR count). The molecular weight excluding hydrogens is 974 g/mol. The second-order valence-corrected chi connectivity index (χ2v) is 22.4. The number of hydrogen-bond donors (Lipinski definition) is 7. The fraction of sp³-hybridized carbons (Fsp3) is 0.400. The molecule has 2 unspecified atom stereocenters. The van der Waals surface area contributed by atoms with Crippen LogP contribution in [-0.2, 0) is 45.0 Å². The van der Waals surface area contributed by atoms with Gasteiger partial charge >= 0.3 is 11.9 Å². The Morgan fingerprint density at radius 3 is 2.38 bits per heavy atom. The fourth-order valence-electron chi connectivity index (χ4n) is 8.95. The van der Waals surface area contributed by atoms with Crippen LogP contribution in [0, 0.1) is 0 Å². The average Bonchev–Trinajstić information content (AvgIpc) is 3.85. The van der Waals surface area contributed by atoms with Crippen molar-refractivity contribution in [2.45, 2.75) is 95.0 Å². The van der Waals surface area contributed by atoms with Crippen molar-refractivity contribution in [1.29, 1.82) is 0 Å². The summed E-state index contributed by atoms with van der Waals surface area (Å²) in [5.74, 6) is 0.0838. The molecule has 4 heterocycles. The molecular formula is C50H58ClN7O11S2. The maximum atomic E-state index is 14.6. The number of unbranched alkanes of at least 4 members (excludes halogenated alkanes) is 3. The summed E-state index contributed by atoms with van der Waals surface area (Å²) in [7, 11) is -2.86. The van der Waals surface area contributed by atoms with E-state index in [1.165, 1.54) is 4.90 Å². The van der Waals surface area contributed by atoms with E-state index in [9.17, 15) is 42.9 Å². The number of aliphatic carboxylic acids is 1. The maximum absolute atomic E-state index is 14.6. The normalized spacial score (nSPS) is 17.2. The van der Waals surface area contributed by atoms with Gasteiger partial charge in [-0.15, -0.1) is 11.3 Å². The summed E-state index contributed by atoms with van der Waals surface area (Å²) in [6.45, 7) is 4.76. The van der Waals surface area contributed by atoms with Gasteiger partial charge in [0.15, 0.2) is 17.2 Å². The molecule has 7 N–H and O–H groups in total. The van der Waals surface area contributed by atoms with Gasteiger partial charge in [0.2, 0.25) is 23.6 Å². The molecule has 71 heavy (non-hydrogen) atoms. The number of carbonyl (C=O) groups excluding carboxylic acids is 5. The first-order valence-corrected chi connectivity index (χ1v) is 26.3. The zero-order valence-electron chi connectivity index (χ0n) is 39.5. The lowest BCUT2D eigenvalue weighted by Crippen LogP contribution is -2.52. The van der Waals surface area contributed by atoms with Gasteiger partial charge in [0, 0.05) is 83.0 Å². The SMILES string of the molecule is C=S(=O)(N1CCC(Nc2cccc(-c3sc(C(=O)O)c(OCC(=O)O)c3Cl)c2)CC1)C(C)(C)c1cccc(NC(=O)CCCCCCNC(=O)CNc2cccc3c2CN(C2CCC(=O)NC2=O)C3=O)c1. The van der Waals surface area contributed by atoms with Gasteiger partial charge in [0.1, 0.15) is 11.1 Å². The van der Waals surface area contributed by atoms with Crippen LogP contribution in [0.4, 0.5) is 17.1 Å². The van der Waals surface area contributed by atoms with Gasteiger partial charge in [-0.05, 0) is 99.3 Å². The lowest BCUT2D eigenvalue weighted by atomic mass is 10.0. The predicted octanol–water partition coefficient (Wildman–Crippen LogP) is 6.55. The molecule has 378 valence electrons. The van der Waals surface area contributed by atoms with Crippen molar-refractivity contribution in [3.63, 3.8) is 0 Å². The third-order valence-electron chi connectivity index (χ3n) is 13.0. The minimum Gasteiger partial charge on any atom is -0.479 e. The van der Waals surface area contributed by atoms with Gasteiger partial charge in [-0.3, -0.25) is 33.5 Å². The van der Waals surface area contributed by atoms with Crippen molar-refractivity contribution in [2.24, 2.45) is 0 Å². The van der Waals surface area contributed by atoms with Crippen LogP contribution < -0.4 is 31.3 Å². The summed E-state index contributed by atoms with van der Waals surface area (Å²) >= 11 is 7.42. The number of piperidine rings is 2. The Morgan fingerprint density at radius 1 is 0.930 bits per heavy atom. The van der Waals surface area contributed by atoms with E-state index in [1.807, 2.05) is 54.6 Å². The number of nitrogens with one attached hydrogen (secondary N) is 5. The van der Waals surface area contributed by atoms with Crippen LogP contribution in [0.2, 0.25) is 5.02 Å². The van der Waals surface area contributed by atoms with Gasteiger partial charge in [-0.1, -0.05) is 54.8 Å². The zero-order chi connectivity index (χ0) is 51.0. The molecule has 3 aliphatic rings. The average molecular weight is 1030 g/mol. The van der Waals surface area contributed by atoms with Crippen molar-refractivity contribution in [3.05, 3.63) is 93.3 Å². The first-order chi connectivity index (χ1) is 33.8. The second-order valence-electron chi connectivity index (χ2n) is 18.2. The molecule has 2 saturated heterocycles. The van der Waals surface area contributed by atoms with Crippen LogP contribution in [-0.4, -0.2) is 116 Å².